The monoisotopic (exact) mass is 236 g/mol. The average molecular weight is 236 g/mol. The quantitative estimate of drug-likeness (QED) is 0.624. The summed E-state index contributed by atoms with van der Waals surface area (Å²) in [7, 11) is 3.17. The van der Waals surface area contributed by atoms with Crippen molar-refractivity contribution in [2.24, 2.45) is 7.05 Å². The molecule has 5 nitrogen and oxygen atoms in total. The second kappa shape index (κ2) is 5.34. The van der Waals surface area contributed by atoms with Crippen molar-refractivity contribution in [3.05, 3.63) is 35.7 Å². The smallest absolute Gasteiger partial charge is 0.339 e. The Labute approximate surface area is 100 Å². The molecule has 0 saturated carbocycles. The Morgan fingerprint density at radius 3 is 2.76 bits per heavy atom. The molecule has 0 radical (unpaired) electrons. The molecule has 0 atom stereocenters. The van der Waals surface area contributed by atoms with E-state index in [1.807, 2.05) is 18.5 Å². The van der Waals surface area contributed by atoms with Crippen molar-refractivity contribution >= 4 is 11.9 Å². The fourth-order valence-electron chi connectivity index (χ4n) is 1.50. The van der Waals surface area contributed by atoms with Crippen molar-refractivity contribution in [1.82, 2.24) is 9.88 Å². The number of hydrogen-bond donors (Lipinski definition) is 1. The van der Waals surface area contributed by atoms with E-state index in [9.17, 15) is 9.59 Å². The summed E-state index contributed by atoms with van der Waals surface area (Å²) >= 11 is 0. The van der Waals surface area contributed by atoms with E-state index in [2.05, 4.69) is 16.6 Å². The van der Waals surface area contributed by atoms with E-state index in [1.165, 1.54) is 13.2 Å². The van der Waals surface area contributed by atoms with Gasteiger partial charge in [-0.05, 0) is 19.1 Å². The van der Waals surface area contributed by atoms with Gasteiger partial charge in [-0.25, -0.2) is 4.79 Å². The van der Waals surface area contributed by atoms with Gasteiger partial charge in [-0.2, -0.15) is 0 Å². The summed E-state index contributed by atoms with van der Waals surface area (Å²) in [4.78, 5) is 22.5. The molecule has 92 valence electrons. The Kier molecular flexibility index (Phi) is 4.09. The van der Waals surface area contributed by atoms with Crippen molar-refractivity contribution in [2.45, 2.75) is 13.5 Å². The Morgan fingerprint density at radius 1 is 1.59 bits per heavy atom. The van der Waals surface area contributed by atoms with Crippen molar-refractivity contribution in [1.29, 1.82) is 0 Å². The third-order valence-corrected chi connectivity index (χ3v) is 2.67. The SMILES string of the molecule is C=CC(=O)NCc1cc(C(=O)OC)c(C)n1C. The molecule has 0 bridgehead atoms. The summed E-state index contributed by atoms with van der Waals surface area (Å²) < 4.78 is 6.52. The van der Waals surface area contributed by atoms with E-state index in [0.29, 0.717) is 12.1 Å². The maximum atomic E-state index is 11.5. The molecule has 1 aromatic heterocycles. The van der Waals surface area contributed by atoms with Crippen LogP contribution in [-0.4, -0.2) is 23.6 Å². The van der Waals surface area contributed by atoms with Gasteiger partial charge in [0.2, 0.25) is 5.91 Å². The van der Waals surface area contributed by atoms with Crippen LogP contribution in [0.4, 0.5) is 0 Å². The van der Waals surface area contributed by atoms with Crippen LogP contribution in [0.2, 0.25) is 0 Å². The summed E-state index contributed by atoms with van der Waals surface area (Å²) in [6.07, 6.45) is 1.21. The molecule has 1 heterocycles. The zero-order valence-electron chi connectivity index (χ0n) is 10.2. The molecule has 1 rings (SSSR count). The van der Waals surface area contributed by atoms with Crippen LogP contribution < -0.4 is 5.32 Å². The largest absolute Gasteiger partial charge is 0.465 e. The molecule has 17 heavy (non-hydrogen) atoms. The molecule has 0 spiro atoms. The van der Waals surface area contributed by atoms with E-state index >= 15 is 0 Å². The van der Waals surface area contributed by atoms with Crippen molar-refractivity contribution < 1.29 is 14.3 Å². The molecule has 0 aliphatic rings. The van der Waals surface area contributed by atoms with Gasteiger partial charge in [0.15, 0.2) is 0 Å². The van der Waals surface area contributed by atoms with Gasteiger partial charge in [-0.1, -0.05) is 6.58 Å². The summed E-state index contributed by atoms with van der Waals surface area (Å²) in [5.74, 6) is -0.622. The van der Waals surface area contributed by atoms with Crippen LogP contribution in [0.25, 0.3) is 0 Å². The molecule has 0 aliphatic heterocycles. The molecule has 0 unspecified atom stereocenters. The number of methoxy groups -OCH3 is 1. The lowest BCUT2D eigenvalue weighted by Gasteiger charge is -2.05. The number of rotatable bonds is 4. The highest BCUT2D eigenvalue weighted by Crippen LogP contribution is 2.14. The standard InChI is InChI=1S/C12H16N2O3/c1-5-11(15)13-7-9-6-10(12(16)17-4)8(2)14(9)3/h5-6H,1,7H2,2-4H3,(H,13,15). The molecule has 5 heteroatoms. The highest BCUT2D eigenvalue weighted by Gasteiger charge is 2.15. The molecule has 1 aromatic rings. The number of nitrogens with zero attached hydrogens (tertiary/aromatic N) is 1. The van der Waals surface area contributed by atoms with Crippen LogP contribution in [-0.2, 0) is 23.1 Å². The van der Waals surface area contributed by atoms with Crippen LogP contribution in [0.5, 0.6) is 0 Å². The van der Waals surface area contributed by atoms with Crippen molar-refractivity contribution in [3.8, 4) is 0 Å². The zero-order valence-corrected chi connectivity index (χ0v) is 10.2. The maximum absolute atomic E-state index is 11.5. The van der Waals surface area contributed by atoms with Crippen LogP contribution in [0, 0.1) is 6.92 Å². The number of aromatic nitrogens is 1. The van der Waals surface area contributed by atoms with Crippen LogP contribution in [0.1, 0.15) is 21.7 Å². The third kappa shape index (κ3) is 2.75. The Balaban J connectivity index is 2.91. The molecule has 0 aliphatic carbocycles. The van der Waals surface area contributed by atoms with Gasteiger partial charge in [0.05, 0.1) is 19.2 Å². The number of nitrogens with one attached hydrogen (secondary N) is 1. The molecular weight excluding hydrogens is 220 g/mol. The zero-order chi connectivity index (χ0) is 13.0. The van der Waals surface area contributed by atoms with Gasteiger partial charge in [-0.3, -0.25) is 4.79 Å². The molecule has 1 N–H and O–H groups in total. The molecule has 0 saturated heterocycles. The predicted octanol–water partition coefficient (Wildman–Crippen LogP) is 0.922. The number of amides is 1. The summed E-state index contributed by atoms with van der Waals surface area (Å²) in [5, 5.41) is 2.66. The van der Waals surface area contributed by atoms with Gasteiger partial charge >= 0.3 is 5.97 Å². The lowest BCUT2D eigenvalue weighted by Crippen LogP contribution is -2.21. The van der Waals surface area contributed by atoms with Gasteiger partial charge in [-0.15, -0.1) is 0 Å². The minimum atomic E-state index is -0.376. The fourth-order valence-corrected chi connectivity index (χ4v) is 1.50. The van der Waals surface area contributed by atoms with Gasteiger partial charge in [0, 0.05) is 18.4 Å². The number of hydrogen-bond acceptors (Lipinski definition) is 3. The number of esters is 1. The number of carbonyl (C=O) groups is 2. The van der Waals surface area contributed by atoms with E-state index < -0.39 is 0 Å². The van der Waals surface area contributed by atoms with Crippen molar-refractivity contribution in [3.63, 3.8) is 0 Å². The second-order valence-corrected chi connectivity index (χ2v) is 3.61. The number of ether oxygens (including phenoxy) is 1. The van der Waals surface area contributed by atoms with E-state index in [1.54, 1.807) is 6.07 Å². The second-order valence-electron chi connectivity index (χ2n) is 3.61. The summed E-state index contributed by atoms with van der Waals surface area (Å²) in [6.45, 7) is 5.54. The summed E-state index contributed by atoms with van der Waals surface area (Å²) in [6, 6.07) is 1.71. The minimum Gasteiger partial charge on any atom is -0.465 e. The number of carbonyl (C=O) groups excluding carboxylic acids is 2. The van der Waals surface area contributed by atoms with Gasteiger partial charge in [0.25, 0.3) is 0 Å². The maximum Gasteiger partial charge on any atom is 0.339 e. The van der Waals surface area contributed by atoms with E-state index in [4.69, 9.17) is 0 Å². The lowest BCUT2D eigenvalue weighted by atomic mass is 10.2. The first-order chi connectivity index (χ1) is 8.01. The van der Waals surface area contributed by atoms with Crippen LogP contribution in [0.3, 0.4) is 0 Å². The summed E-state index contributed by atoms with van der Waals surface area (Å²) in [5.41, 5.74) is 2.15. The Hall–Kier alpha value is -2.04. The molecule has 0 fully saturated rings. The highest BCUT2D eigenvalue weighted by atomic mass is 16.5. The molecular formula is C12H16N2O3. The van der Waals surface area contributed by atoms with Crippen LogP contribution >= 0.6 is 0 Å². The first-order valence-corrected chi connectivity index (χ1v) is 5.15. The Bertz CT molecular complexity index is 461. The van der Waals surface area contributed by atoms with Crippen molar-refractivity contribution in [2.75, 3.05) is 7.11 Å². The predicted molar refractivity (Wildman–Crippen MR) is 63.5 cm³/mol. The van der Waals surface area contributed by atoms with Gasteiger partial charge in [0.1, 0.15) is 0 Å². The van der Waals surface area contributed by atoms with Crippen LogP contribution in [0.15, 0.2) is 18.7 Å². The fraction of sp³-hybridized carbons (Fsp3) is 0.333. The van der Waals surface area contributed by atoms with E-state index in [0.717, 1.165) is 11.4 Å². The Morgan fingerprint density at radius 2 is 2.24 bits per heavy atom. The molecule has 1 amide bonds. The average Bonchev–Trinajstić information content (AvgIpc) is 2.62. The first kappa shape index (κ1) is 13.0. The normalized spacial score (nSPS) is 9.82. The van der Waals surface area contributed by atoms with E-state index in [-0.39, 0.29) is 11.9 Å². The van der Waals surface area contributed by atoms with Gasteiger partial charge < -0.3 is 14.6 Å². The highest BCUT2D eigenvalue weighted by molar-refractivity contribution is 5.91. The first-order valence-electron chi connectivity index (χ1n) is 5.15. The topological polar surface area (TPSA) is 60.3 Å². The molecule has 0 aromatic carbocycles. The minimum absolute atomic E-state index is 0.247. The third-order valence-electron chi connectivity index (χ3n) is 2.67. The lowest BCUT2D eigenvalue weighted by molar-refractivity contribution is -0.116.